The minimum Gasteiger partial charge on any atom is -0.319 e. The lowest BCUT2D eigenvalue weighted by Crippen LogP contribution is -2.10. The molecule has 0 aliphatic carbocycles. The minimum atomic E-state index is -0.521. The monoisotopic (exact) mass is 442 g/mol. The number of benzene rings is 3. The number of hydrogen-bond acceptors (Lipinski definition) is 6. The van der Waals surface area contributed by atoms with E-state index in [1.165, 1.54) is 25.0 Å². The molecular formula is C27H26N2O4. The molecule has 3 aromatic rings. The van der Waals surface area contributed by atoms with Gasteiger partial charge >= 0.3 is 11.9 Å². The molecule has 0 saturated carbocycles. The summed E-state index contributed by atoms with van der Waals surface area (Å²) in [6.07, 6.45) is 0.255. The normalized spacial score (nSPS) is 11.8. The fraction of sp³-hybridized carbons (Fsp3) is 0.185. The second kappa shape index (κ2) is 11.0. The minimum absolute atomic E-state index is 0.255. The summed E-state index contributed by atoms with van der Waals surface area (Å²) in [6, 6.07) is 24.6. The molecule has 0 fully saturated rings. The fourth-order valence-electron chi connectivity index (χ4n) is 3.18. The first-order chi connectivity index (χ1) is 15.8. The van der Waals surface area contributed by atoms with E-state index in [1.54, 1.807) is 6.92 Å². The van der Waals surface area contributed by atoms with Gasteiger partial charge in [0.1, 0.15) is 0 Å². The van der Waals surface area contributed by atoms with Crippen LogP contribution in [0.3, 0.4) is 0 Å². The number of carbonyl (C=O) groups is 2. The van der Waals surface area contributed by atoms with Crippen LogP contribution in [0, 0.1) is 6.92 Å². The van der Waals surface area contributed by atoms with E-state index in [2.05, 4.69) is 70.6 Å². The molecule has 0 aromatic heterocycles. The van der Waals surface area contributed by atoms with Crippen LogP contribution in [0.15, 0.2) is 83.1 Å². The van der Waals surface area contributed by atoms with Crippen molar-refractivity contribution in [2.24, 2.45) is 10.3 Å². The zero-order valence-electron chi connectivity index (χ0n) is 19.2. The third-order valence-corrected chi connectivity index (χ3v) is 4.86. The molecule has 6 nitrogen and oxygen atoms in total. The largest absolute Gasteiger partial charge is 0.331 e. The van der Waals surface area contributed by atoms with Crippen molar-refractivity contribution in [1.29, 1.82) is 0 Å². The van der Waals surface area contributed by atoms with E-state index in [4.69, 9.17) is 4.84 Å². The quantitative estimate of drug-likeness (QED) is 0.258. The standard InChI is InChI=1S/C27H26N2O4/c1-18-5-7-22(8-6-18)23-9-11-24(12-10-23)25-13-15-26(16-14-25)27(29-33-21(4)31)17-19(2)28-32-20(3)30/h5-16H,17H2,1-4H3/b28-19+,29-27-. The topological polar surface area (TPSA) is 77.3 Å². The molecule has 168 valence electrons. The van der Waals surface area contributed by atoms with Gasteiger partial charge in [0, 0.05) is 20.3 Å². The van der Waals surface area contributed by atoms with Gasteiger partial charge in [0.2, 0.25) is 0 Å². The molecule has 3 aromatic carbocycles. The van der Waals surface area contributed by atoms with Crippen molar-refractivity contribution in [1.82, 2.24) is 0 Å². The molecule has 6 heteroatoms. The van der Waals surface area contributed by atoms with Crippen molar-refractivity contribution < 1.29 is 19.3 Å². The first-order valence-corrected chi connectivity index (χ1v) is 10.6. The summed E-state index contributed by atoms with van der Waals surface area (Å²) in [5.74, 6) is -1.03. The molecule has 0 aliphatic rings. The molecule has 0 radical (unpaired) electrons. The van der Waals surface area contributed by atoms with E-state index in [0.29, 0.717) is 11.4 Å². The van der Waals surface area contributed by atoms with Crippen LogP contribution in [0.2, 0.25) is 0 Å². The first kappa shape index (κ1) is 23.6. The van der Waals surface area contributed by atoms with Crippen LogP contribution in [-0.4, -0.2) is 23.4 Å². The number of rotatable bonds is 7. The van der Waals surface area contributed by atoms with Gasteiger partial charge in [0.15, 0.2) is 0 Å². The lowest BCUT2D eigenvalue weighted by atomic mass is 9.98. The fourth-order valence-corrected chi connectivity index (χ4v) is 3.18. The van der Waals surface area contributed by atoms with Crippen LogP contribution in [0.25, 0.3) is 22.3 Å². The van der Waals surface area contributed by atoms with Crippen molar-refractivity contribution in [2.45, 2.75) is 34.1 Å². The van der Waals surface area contributed by atoms with E-state index in [0.717, 1.165) is 22.3 Å². The Hall–Kier alpha value is -4.06. The van der Waals surface area contributed by atoms with Crippen LogP contribution in [0.4, 0.5) is 0 Å². The van der Waals surface area contributed by atoms with E-state index in [9.17, 15) is 9.59 Å². The van der Waals surface area contributed by atoms with Crippen LogP contribution in [0.1, 0.15) is 38.3 Å². The van der Waals surface area contributed by atoms with Gasteiger partial charge in [-0.25, -0.2) is 9.59 Å². The lowest BCUT2D eigenvalue weighted by Gasteiger charge is -2.09. The Morgan fingerprint density at radius 2 is 1.03 bits per heavy atom. The Morgan fingerprint density at radius 1 is 0.636 bits per heavy atom. The maximum Gasteiger partial charge on any atom is 0.331 e. The van der Waals surface area contributed by atoms with Crippen molar-refractivity contribution in [3.63, 3.8) is 0 Å². The number of nitrogens with zero attached hydrogens (tertiary/aromatic N) is 2. The molecular weight excluding hydrogens is 416 g/mol. The highest BCUT2D eigenvalue weighted by molar-refractivity contribution is 6.12. The predicted molar refractivity (Wildman–Crippen MR) is 130 cm³/mol. The maximum atomic E-state index is 11.2. The van der Waals surface area contributed by atoms with Gasteiger partial charge in [-0.05, 0) is 41.7 Å². The van der Waals surface area contributed by atoms with Gasteiger partial charge in [-0.15, -0.1) is 0 Å². The maximum absolute atomic E-state index is 11.2. The number of hydrogen-bond donors (Lipinski definition) is 0. The highest BCUT2D eigenvalue weighted by atomic mass is 16.7. The summed E-state index contributed by atoms with van der Waals surface area (Å²) < 4.78 is 0. The zero-order valence-corrected chi connectivity index (χ0v) is 19.2. The van der Waals surface area contributed by atoms with Gasteiger partial charge in [0.05, 0.1) is 11.4 Å². The molecule has 0 N–H and O–H groups in total. The van der Waals surface area contributed by atoms with E-state index in [1.807, 2.05) is 24.3 Å². The summed E-state index contributed by atoms with van der Waals surface area (Å²) in [6.45, 7) is 6.34. The SMILES string of the molecule is CC(=O)O/N=C(/C/C(C)=N/OC(C)=O)c1ccc(-c2ccc(-c3ccc(C)cc3)cc2)cc1. The average molecular weight is 443 g/mol. The summed E-state index contributed by atoms with van der Waals surface area (Å²) in [7, 11) is 0. The molecule has 0 unspecified atom stereocenters. The van der Waals surface area contributed by atoms with Crippen molar-refractivity contribution >= 4 is 23.4 Å². The molecule has 0 spiro atoms. The van der Waals surface area contributed by atoms with Crippen LogP contribution < -0.4 is 0 Å². The van der Waals surface area contributed by atoms with Crippen molar-refractivity contribution in [3.05, 3.63) is 83.9 Å². The van der Waals surface area contributed by atoms with Crippen molar-refractivity contribution in [3.8, 4) is 22.3 Å². The van der Waals surface area contributed by atoms with Gasteiger partial charge in [0.25, 0.3) is 0 Å². The van der Waals surface area contributed by atoms with Gasteiger partial charge in [-0.1, -0.05) is 88.7 Å². The highest BCUT2D eigenvalue weighted by Gasteiger charge is 2.10. The summed E-state index contributed by atoms with van der Waals surface area (Å²) >= 11 is 0. The average Bonchev–Trinajstić information content (AvgIpc) is 2.81. The molecule has 3 rings (SSSR count). The highest BCUT2D eigenvalue weighted by Crippen LogP contribution is 2.25. The molecule has 0 aliphatic heterocycles. The van der Waals surface area contributed by atoms with Gasteiger partial charge in [-0.2, -0.15) is 0 Å². The first-order valence-electron chi connectivity index (χ1n) is 10.6. The molecule has 0 bridgehead atoms. The number of carbonyl (C=O) groups excluding carboxylic acids is 2. The predicted octanol–water partition coefficient (Wildman–Crippen LogP) is 5.93. The third kappa shape index (κ3) is 6.97. The molecule has 0 saturated heterocycles. The van der Waals surface area contributed by atoms with Crippen LogP contribution in [0.5, 0.6) is 0 Å². The Balaban J connectivity index is 1.80. The summed E-state index contributed by atoms with van der Waals surface area (Å²) in [4.78, 5) is 31.7. The zero-order chi connectivity index (χ0) is 23.8. The van der Waals surface area contributed by atoms with Crippen LogP contribution in [-0.2, 0) is 19.3 Å². The van der Waals surface area contributed by atoms with E-state index < -0.39 is 11.9 Å². The Kier molecular flexibility index (Phi) is 7.86. The summed E-state index contributed by atoms with van der Waals surface area (Å²) in [5, 5.41) is 7.73. The van der Waals surface area contributed by atoms with E-state index >= 15 is 0 Å². The summed E-state index contributed by atoms with van der Waals surface area (Å²) in [5.41, 5.74) is 7.50. The Bertz CT molecular complexity index is 1180. The Labute approximate surface area is 193 Å². The number of aryl methyl sites for hydroxylation is 1. The second-order valence-electron chi connectivity index (χ2n) is 7.73. The van der Waals surface area contributed by atoms with Gasteiger partial charge in [-0.3, -0.25) is 0 Å². The smallest absolute Gasteiger partial charge is 0.319 e. The lowest BCUT2D eigenvalue weighted by molar-refractivity contribution is -0.141. The Morgan fingerprint density at radius 3 is 1.48 bits per heavy atom. The van der Waals surface area contributed by atoms with Gasteiger partial charge < -0.3 is 9.68 Å². The molecule has 0 amide bonds. The molecule has 0 atom stereocenters. The molecule has 0 heterocycles. The van der Waals surface area contributed by atoms with E-state index in [-0.39, 0.29) is 6.42 Å². The van der Waals surface area contributed by atoms with Crippen molar-refractivity contribution in [2.75, 3.05) is 0 Å². The third-order valence-electron chi connectivity index (χ3n) is 4.86. The second-order valence-corrected chi connectivity index (χ2v) is 7.73. The van der Waals surface area contributed by atoms with Crippen LogP contribution >= 0.6 is 0 Å². The molecule has 33 heavy (non-hydrogen) atoms. The number of oxime groups is 2.